The fourth-order valence-electron chi connectivity index (χ4n) is 2.21. The number of ether oxygens (including phenoxy) is 2. The maximum atomic E-state index is 5.68. The summed E-state index contributed by atoms with van der Waals surface area (Å²) in [7, 11) is 1.78. The van der Waals surface area contributed by atoms with E-state index >= 15 is 0 Å². The molecule has 1 aliphatic rings. The van der Waals surface area contributed by atoms with Crippen molar-refractivity contribution < 1.29 is 9.47 Å². The van der Waals surface area contributed by atoms with Crippen molar-refractivity contribution in [2.75, 3.05) is 13.7 Å². The molecule has 0 bridgehead atoms. The third-order valence-corrected chi connectivity index (χ3v) is 3.38. The minimum atomic E-state index is -0.138. The molecule has 0 aliphatic carbocycles. The lowest BCUT2D eigenvalue weighted by molar-refractivity contribution is -0.274. The zero-order valence-electron chi connectivity index (χ0n) is 9.57. The van der Waals surface area contributed by atoms with Gasteiger partial charge in [0.2, 0.25) is 0 Å². The Morgan fingerprint density at radius 1 is 1.33 bits per heavy atom. The lowest BCUT2D eigenvalue weighted by Gasteiger charge is -2.50. The number of benzene rings is 1. The molecule has 0 unspecified atom stereocenters. The average Bonchev–Trinajstić information content (AvgIpc) is 2.18. The van der Waals surface area contributed by atoms with E-state index in [0.717, 1.165) is 0 Å². The first kappa shape index (κ1) is 10.7. The van der Waals surface area contributed by atoms with Crippen LogP contribution in [0.3, 0.4) is 0 Å². The van der Waals surface area contributed by atoms with Gasteiger partial charge in [-0.1, -0.05) is 44.2 Å². The maximum Gasteiger partial charge on any atom is 0.123 e. The Morgan fingerprint density at radius 2 is 2.00 bits per heavy atom. The number of rotatable bonds is 3. The highest BCUT2D eigenvalue weighted by Crippen LogP contribution is 2.46. The molecule has 1 saturated heterocycles. The van der Waals surface area contributed by atoms with Crippen LogP contribution in [-0.4, -0.2) is 19.3 Å². The lowest BCUT2D eigenvalue weighted by Crippen LogP contribution is -2.57. The van der Waals surface area contributed by atoms with E-state index in [4.69, 9.17) is 9.47 Å². The zero-order valence-corrected chi connectivity index (χ0v) is 9.57. The lowest BCUT2D eigenvalue weighted by atomic mass is 9.78. The predicted octanol–water partition coefficient (Wildman–Crippen LogP) is 2.80. The van der Waals surface area contributed by atoms with Crippen LogP contribution in [0.15, 0.2) is 30.3 Å². The number of methoxy groups -OCH3 is 1. The summed E-state index contributed by atoms with van der Waals surface area (Å²) in [4.78, 5) is 0. The molecule has 1 aliphatic heterocycles. The highest BCUT2D eigenvalue weighted by atomic mass is 16.6. The maximum absolute atomic E-state index is 5.68. The van der Waals surface area contributed by atoms with Crippen LogP contribution in [0.25, 0.3) is 0 Å². The van der Waals surface area contributed by atoms with Crippen molar-refractivity contribution in [1.29, 1.82) is 0 Å². The van der Waals surface area contributed by atoms with Crippen LogP contribution in [0.1, 0.15) is 25.5 Å². The van der Waals surface area contributed by atoms with Crippen LogP contribution in [0.4, 0.5) is 0 Å². The fourth-order valence-corrected chi connectivity index (χ4v) is 2.21. The summed E-state index contributed by atoms with van der Waals surface area (Å²) in [5.74, 6) is 0.460. The minimum absolute atomic E-state index is 0.0868. The molecule has 2 atom stereocenters. The summed E-state index contributed by atoms with van der Waals surface area (Å²) < 4.78 is 11.3. The molecule has 1 aromatic rings. The molecular weight excluding hydrogens is 188 g/mol. The zero-order chi connectivity index (χ0) is 10.9. The van der Waals surface area contributed by atoms with Crippen molar-refractivity contribution in [2.45, 2.75) is 25.6 Å². The van der Waals surface area contributed by atoms with Crippen LogP contribution >= 0.6 is 0 Å². The van der Waals surface area contributed by atoms with E-state index in [9.17, 15) is 0 Å². The number of hydrogen-bond acceptors (Lipinski definition) is 2. The molecule has 2 nitrogen and oxygen atoms in total. The monoisotopic (exact) mass is 206 g/mol. The second kappa shape index (κ2) is 3.95. The molecule has 2 heteroatoms. The summed E-state index contributed by atoms with van der Waals surface area (Å²) in [5, 5.41) is 0. The summed E-state index contributed by atoms with van der Waals surface area (Å²) in [6, 6.07) is 10.3. The van der Waals surface area contributed by atoms with Gasteiger partial charge in [-0.2, -0.15) is 0 Å². The molecule has 0 radical (unpaired) electrons. The SMILES string of the molecule is CO[C@]1(C(C)C)CO[C@@H]1c1ccccc1. The van der Waals surface area contributed by atoms with Crippen molar-refractivity contribution in [3.8, 4) is 0 Å². The third-order valence-electron chi connectivity index (χ3n) is 3.38. The van der Waals surface area contributed by atoms with Gasteiger partial charge in [0, 0.05) is 7.11 Å². The van der Waals surface area contributed by atoms with E-state index in [0.29, 0.717) is 12.5 Å². The standard InChI is InChI=1S/C13H18O2/c1-10(2)13(14-3)9-15-12(13)11-7-5-4-6-8-11/h4-8,10,12H,9H2,1-3H3/t12-,13+/m1/s1. The Hall–Kier alpha value is -0.860. The Morgan fingerprint density at radius 3 is 2.40 bits per heavy atom. The van der Waals surface area contributed by atoms with Crippen molar-refractivity contribution in [3.05, 3.63) is 35.9 Å². The minimum Gasteiger partial charge on any atom is -0.372 e. The van der Waals surface area contributed by atoms with Gasteiger partial charge in [-0.15, -0.1) is 0 Å². The highest BCUT2D eigenvalue weighted by Gasteiger charge is 2.51. The largest absolute Gasteiger partial charge is 0.372 e. The van der Waals surface area contributed by atoms with Gasteiger partial charge in [-0.05, 0) is 11.5 Å². The Balaban J connectivity index is 2.25. The van der Waals surface area contributed by atoms with Crippen LogP contribution in [0.5, 0.6) is 0 Å². The van der Waals surface area contributed by atoms with E-state index in [1.807, 2.05) is 18.2 Å². The van der Waals surface area contributed by atoms with Gasteiger partial charge >= 0.3 is 0 Å². The first-order valence-corrected chi connectivity index (χ1v) is 5.42. The van der Waals surface area contributed by atoms with Gasteiger partial charge < -0.3 is 9.47 Å². The molecule has 0 saturated carbocycles. The fraction of sp³-hybridized carbons (Fsp3) is 0.538. The van der Waals surface area contributed by atoms with E-state index < -0.39 is 0 Å². The molecule has 1 aromatic carbocycles. The Kier molecular flexibility index (Phi) is 2.81. The van der Waals surface area contributed by atoms with Gasteiger partial charge in [-0.25, -0.2) is 0 Å². The summed E-state index contributed by atoms with van der Waals surface area (Å²) in [6.45, 7) is 5.06. The highest BCUT2D eigenvalue weighted by molar-refractivity contribution is 5.24. The smallest absolute Gasteiger partial charge is 0.123 e. The van der Waals surface area contributed by atoms with Crippen molar-refractivity contribution in [1.82, 2.24) is 0 Å². The van der Waals surface area contributed by atoms with Crippen LogP contribution in [-0.2, 0) is 9.47 Å². The topological polar surface area (TPSA) is 18.5 Å². The van der Waals surface area contributed by atoms with Gasteiger partial charge in [0.05, 0.1) is 6.61 Å². The molecule has 0 aromatic heterocycles. The molecule has 0 N–H and O–H groups in total. The molecule has 15 heavy (non-hydrogen) atoms. The summed E-state index contributed by atoms with van der Waals surface area (Å²) in [6.07, 6.45) is 0.0868. The first-order chi connectivity index (χ1) is 7.20. The normalized spacial score (nSPS) is 30.3. The molecule has 0 spiro atoms. The van der Waals surface area contributed by atoms with E-state index in [-0.39, 0.29) is 11.7 Å². The summed E-state index contributed by atoms with van der Waals surface area (Å²) in [5.41, 5.74) is 1.07. The molecule has 2 rings (SSSR count). The van der Waals surface area contributed by atoms with Crippen molar-refractivity contribution in [3.63, 3.8) is 0 Å². The van der Waals surface area contributed by atoms with Gasteiger partial charge in [0.1, 0.15) is 11.7 Å². The van der Waals surface area contributed by atoms with E-state index in [1.165, 1.54) is 5.56 Å². The van der Waals surface area contributed by atoms with Crippen molar-refractivity contribution >= 4 is 0 Å². The summed E-state index contributed by atoms with van der Waals surface area (Å²) >= 11 is 0. The van der Waals surface area contributed by atoms with Gasteiger partial charge in [0.15, 0.2) is 0 Å². The van der Waals surface area contributed by atoms with Crippen LogP contribution < -0.4 is 0 Å². The number of hydrogen-bond donors (Lipinski definition) is 0. The molecule has 82 valence electrons. The third kappa shape index (κ3) is 1.58. The quantitative estimate of drug-likeness (QED) is 0.757. The average molecular weight is 206 g/mol. The Bertz CT molecular complexity index is 317. The molecule has 1 heterocycles. The predicted molar refractivity (Wildman–Crippen MR) is 59.7 cm³/mol. The van der Waals surface area contributed by atoms with Crippen LogP contribution in [0.2, 0.25) is 0 Å². The van der Waals surface area contributed by atoms with Gasteiger partial charge in [-0.3, -0.25) is 0 Å². The van der Waals surface area contributed by atoms with Crippen molar-refractivity contribution in [2.24, 2.45) is 5.92 Å². The Labute approximate surface area is 91.2 Å². The first-order valence-electron chi connectivity index (χ1n) is 5.42. The molecule has 0 amide bonds. The second-order valence-electron chi connectivity index (χ2n) is 4.42. The van der Waals surface area contributed by atoms with E-state index in [1.54, 1.807) is 7.11 Å². The van der Waals surface area contributed by atoms with Crippen LogP contribution in [0, 0.1) is 5.92 Å². The molecule has 1 fully saturated rings. The van der Waals surface area contributed by atoms with Gasteiger partial charge in [0.25, 0.3) is 0 Å². The second-order valence-corrected chi connectivity index (χ2v) is 4.42. The van der Waals surface area contributed by atoms with E-state index in [2.05, 4.69) is 26.0 Å². The molecular formula is C13H18O2.